The lowest BCUT2D eigenvalue weighted by molar-refractivity contribution is -0.110. The van der Waals surface area contributed by atoms with Gasteiger partial charge in [0, 0.05) is 5.56 Å². The number of anilines is 1. The zero-order chi connectivity index (χ0) is 18.3. The zero-order valence-electron chi connectivity index (χ0n) is 13.3. The van der Waals surface area contributed by atoms with Crippen molar-refractivity contribution in [1.82, 2.24) is 14.6 Å². The number of nitrogens with two attached hydrogens (primary N) is 1. The molecule has 1 aliphatic carbocycles. The van der Waals surface area contributed by atoms with Gasteiger partial charge in [0.1, 0.15) is 16.6 Å². The highest BCUT2D eigenvalue weighted by Gasteiger charge is 2.15. The van der Waals surface area contributed by atoms with Crippen LogP contribution in [0.1, 0.15) is 5.56 Å². The van der Waals surface area contributed by atoms with Gasteiger partial charge in [-0.1, -0.05) is 23.5 Å². The summed E-state index contributed by atoms with van der Waals surface area (Å²) in [6.07, 6.45) is 7.63. The number of hydrogen-bond acceptors (Lipinski definition) is 7. The Morgan fingerprint density at radius 3 is 2.46 bits per heavy atom. The molecule has 128 valence electrons. The third-order valence-electron chi connectivity index (χ3n) is 3.80. The van der Waals surface area contributed by atoms with Crippen molar-refractivity contribution in [2.45, 2.75) is 0 Å². The van der Waals surface area contributed by atoms with Crippen molar-refractivity contribution < 1.29 is 9.90 Å². The predicted molar refractivity (Wildman–Crippen MR) is 99.9 cm³/mol. The van der Waals surface area contributed by atoms with Gasteiger partial charge in [-0.3, -0.25) is 9.59 Å². The first-order valence-corrected chi connectivity index (χ1v) is 8.43. The molecular formula is C18H12N4O3S. The van der Waals surface area contributed by atoms with Crippen LogP contribution in [0.3, 0.4) is 0 Å². The van der Waals surface area contributed by atoms with E-state index in [1.165, 1.54) is 28.0 Å². The summed E-state index contributed by atoms with van der Waals surface area (Å²) in [4.78, 5) is 28.0. The van der Waals surface area contributed by atoms with Crippen LogP contribution < -0.4 is 11.3 Å². The highest BCUT2D eigenvalue weighted by atomic mass is 32.1. The summed E-state index contributed by atoms with van der Waals surface area (Å²) in [6, 6.07) is 6.56. The van der Waals surface area contributed by atoms with Crippen LogP contribution in [0.2, 0.25) is 0 Å². The van der Waals surface area contributed by atoms with Crippen LogP contribution in [-0.2, 0) is 4.79 Å². The van der Waals surface area contributed by atoms with Crippen molar-refractivity contribution in [3.05, 3.63) is 70.1 Å². The summed E-state index contributed by atoms with van der Waals surface area (Å²) < 4.78 is 1.42. The molecule has 26 heavy (non-hydrogen) atoms. The number of rotatable bonds is 2. The van der Waals surface area contributed by atoms with E-state index in [1.54, 1.807) is 42.5 Å². The fourth-order valence-electron chi connectivity index (χ4n) is 2.47. The van der Waals surface area contributed by atoms with Gasteiger partial charge in [0.15, 0.2) is 5.78 Å². The fraction of sp³-hybridized carbons (Fsp3) is 0. The molecule has 0 fully saturated rings. The number of benzene rings is 1. The average Bonchev–Trinajstić information content (AvgIpc) is 3.05. The van der Waals surface area contributed by atoms with Gasteiger partial charge in [-0.25, -0.2) is 0 Å². The summed E-state index contributed by atoms with van der Waals surface area (Å²) in [7, 11) is 0. The molecule has 0 unspecified atom stereocenters. The zero-order valence-corrected chi connectivity index (χ0v) is 14.1. The Bertz CT molecular complexity index is 1170. The maximum atomic E-state index is 12.4. The standard InChI is InChI=1S/C18H12N4O3S/c19-15-14(9-10-1-5-12(23)6-2-10)16(25)20-18-22(15)21-17(26-18)11-3-7-13(24)8-4-11/h1-9,24H,19H2. The van der Waals surface area contributed by atoms with E-state index in [-0.39, 0.29) is 22.9 Å². The third-order valence-corrected chi connectivity index (χ3v) is 4.75. The third kappa shape index (κ3) is 2.82. The first kappa shape index (κ1) is 16.0. The van der Waals surface area contributed by atoms with E-state index in [1.807, 2.05) is 0 Å². The Morgan fingerprint density at radius 2 is 1.77 bits per heavy atom. The second-order valence-corrected chi connectivity index (χ2v) is 6.53. The number of nitrogens with zero attached hydrogens (tertiary/aromatic N) is 3. The van der Waals surface area contributed by atoms with Gasteiger partial charge >= 0.3 is 0 Å². The normalized spacial score (nSPS) is 13.5. The molecule has 4 rings (SSSR count). The number of nitrogen functional groups attached to an aromatic ring is 1. The van der Waals surface area contributed by atoms with Gasteiger partial charge in [0.05, 0.1) is 5.56 Å². The van der Waals surface area contributed by atoms with E-state index in [9.17, 15) is 14.7 Å². The summed E-state index contributed by atoms with van der Waals surface area (Å²) in [6.45, 7) is 0. The molecule has 0 bridgehead atoms. The van der Waals surface area contributed by atoms with Gasteiger partial charge in [-0.05, 0) is 48.1 Å². The summed E-state index contributed by atoms with van der Waals surface area (Å²) in [5.41, 5.74) is 7.35. The first-order valence-electron chi connectivity index (χ1n) is 7.62. The number of phenols is 1. The van der Waals surface area contributed by atoms with Crippen molar-refractivity contribution >= 4 is 34.0 Å². The topological polar surface area (TPSA) is 111 Å². The van der Waals surface area contributed by atoms with Gasteiger partial charge in [0.2, 0.25) is 4.96 Å². The van der Waals surface area contributed by atoms with Crippen LogP contribution in [0.4, 0.5) is 5.82 Å². The number of carbonyl (C=O) groups excluding carboxylic acids is 1. The lowest BCUT2D eigenvalue weighted by atomic mass is 10.1. The Balaban J connectivity index is 1.84. The molecule has 0 atom stereocenters. The summed E-state index contributed by atoms with van der Waals surface area (Å²) in [5, 5.41) is 14.4. The number of carbonyl (C=O) groups is 1. The molecule has 0 saturated heterocycles. The monoisotopic (exact) mass is 364 g/mol. The minimum absolute atomic E-state index is 0.113. The number of allylic oxidation sites excluding steroid dienone is 5. The molecule has 2 heterocycles. The van der Waals surface area contributed by atoms with E-state index in [4.69, 9.17) is 5.73 Å². The van der Waals surface area contributed by atoms with Crippen molar-refractivity contribution in [2.24, 2.45) is 0 Å². The summed E-state index contributed by atoms with van der Waals surface area (Å²) >= 11 is 1.23. The van der Waals surface area contributed by atoms with Crippen LogP contribution in [0.25, 0.3) is 21.6 Å². The van der Waals surface area contributed by atoms with Gasteiger partial charge in [-0.15, -0.1) is 0 Å². The molecule has 1 aromatic carbocycles. The van der Waals surface area contributed by atoms with Crippen LogP contribution >= 0.6 is 11.3 Å². The van der Waals surface area contributed by atoms with E-state index < -0.39 is 5.56 Å². The second kappa shape index (κ2) is 6.08. The van der Waals surface area contributed by atoms with Crippen molar-refractivity contribution in [3.8, 4) is 16.3 Å². The average molecular weight is 364 g/mol. The number of phenolic OH excluding ortho intramolecular Hbond substituents is 1. The molecule has 7 nitrogen and oxygen atoms in total. The Labute approximate surface area is 151 Å². The van der Waals surface area contributed by atoms with Gasteiger partial charge in [-0.2, -0.15) is 14.6 Å². The lowest BCUT2D eigenvalue weighted by Crippen LogP contribution is -2.16. The van der Waals surface area contributed by atoms with E-state index in [0.717, 1.165) is 5.56 Å². The van der Waals surface area contributed by atoms with E-state index >= 15 is 0 Å². The Hall–Kier alpha value is -3.52. The molecule has 1 aliphatic rings. The minimum Gasteiger partial charge on any atom is -0.508 e. The fourth-order valence-corrected chi connectivity index (χ4v) is 3.37. The molecular weight excluding hydrogens is 352 g/mol. The number of hydrogen-bond donors (Lipinski definition) is 2. The highest BCUT2D eigenvalue weighted by molar-refractivity contribution is 7.19. The molecule has 0 spiro atoms. The predicted octanol–water partition coefficient (Wildman–Crippen LogP) is 2.18. The Kier molecular flexibility index (Phi) is 3.74. The number of aromatic nitrogens is 3. The minimum atomic E-state index is -0.463. The number of ketones is 1. The lowest BCUT2D eigenvalue weighted by Gasteiger charge is -2.03. The molecule has 0 aliphatic heterocycles. The van der Waals surface area contributed by atoms with Crippen molar-refractivity contribution in [3.63, 3.8) is 0 Å². The smallest absolute Gasteiger partial charge is 0.283 e. The summed E-state index contributed by atoms with van der Waals surface area (Å²) in [5.74, 6) is 0.217. The van der Waals surface area contributed by atoms with Crippen LogP contribution in [0.5, 0.6) is 5.75 Å². The van der Waals surface area contributed by atoms with Crippen molar-refractivity contribution in [1.29, 1.82) is 0 Å². The van der Waals surface area contributed by atoms with Crippen LogP contribution in [-0.4, -0.2) is 25.5 Å². The van der Waals surface area contributed by atoms with Crippen LogP contribution in [0, 0.1) is 0 Å². The maximum absolute atomic E-state index is 12.4. The molecule has 3 aromatic rings. The quantitative estimate of drug-likeness (QED) is 0.721. The van der Waals surface area contributed by atoms with Gasteiger partial charge in [0.25, 0.3) is 5.56 Å². The highest BCUT2D eigenvalue weighted by Crippen LogP contribution is 2.27. The van der Waals surface area contributed by atoms with E-state index in [2.05, 4.69) is 10.1 Å². The molecule has 8 heteroatoms. The second-order valence-electron chi connectivity index (χ2n) is 5.58. The molecule has 2 aromatic heterocycles. The Morgan fingerprint density at radius 1 is 1.08 bits per heavy atom. The first-order chi connectivity index (χ1) is 12.5. The maximum Gasteiger partial charge on any atom is 0.283 e. The largest absolute Gasteiger partial charge is 0.508 e. The molecule has 0 amide bonds. The van der Waals surface area contributed by atoms with Crippen LogP contribution in [0.15, 0.2) is 58.9 Å². The molecule has 0 radical (unpaired) electrons. The van der Waals surface area contributed by atoms with Crippen molar-refractivity contribution in [2.75, 3.05) is 5.73 Å². The molecule has 0 saturated carbocycles. The molecule has 3 N–H and O–H groups in total. The number of aromatic hydroxyl groups is 1. The number of fused-ring (bicyclic) bond motifs is 1. The SMILES string of the molecule is Nc1c(C=C2C=CC(=O)C=C2)c(=O)nc2sc(-c3ccc(O)cc3)nn12. The van der Waals surface area contributed by atoms with Gasteiger partial charge < -0.3 is 10.8 Å². The van der Waals surface area contributed by atoms with E-state index in [0.29, 0.717) is 15.5 Å².